The number of sulfonamides is 1. The van der Waals surface area contributed by atoms with Gasteiger partial charge in [0.15, 0.2) is 5.79 Å². The highest BCUT2D eigenvalue weighted by atomic mass is 32.2. The Morgan fingerprint density at radius 1 is 1.48 bits per heavy atom. The average molecular weight is 310 g/mol. The highest BCUT2D eigenvalue weighted by Gasteiger charge is 2.33. The van der Waals surface area contributed by atoms with Crippen LogP contribution in [0, 0.1) is 18.3 Å². The van der Waals surface area contributed by atoms with E-state index in [1.165, 1.54) is 6.07 Å². The first-order chi connectivity index (χ1) is 9.73. The van der Waals surface area contributed by atoms with Gasteiger partial charge >= 0.3 is 0 Å². The molecule has 1 fully saturated rings. The highest BCUT2D eigenvalue weighted by Crippen LogP contribution is 2.22. The standard InChI is InChI=1S/C14H18N2O4S/c1-10-4-5-11(7-15)6-13(10)21(17,18)16-8-12-9-19-14(2,3)20-12/h4-6,12,16H,8-9H2,1-3H3. The number of nitrogens with zero attached hydrogens (tertiary/aromatic N) is 1. The monoisotopic (exact) mass is 310 g/mol. The molecule has 0 aliphatic carbocycles. The lowest BCUT2D eigenvalue weighted by molar-refractivity contribution is -0.137. The Hall–Kier alpha value is -1.46. The maximum absolute atomic E-state index is 12.3. The Morgan fingerprint density at radius 2 is 2.19 bits per heavy atom. The van der Waals surface area contributed by atoms with Crippen LogP contribution in [0.2, 0.25) is 0 Å². The van der Waals surface area contributed by atoms with Crippen LogP contribution >= 0.6 is 0 Å². The Labute approximate surface area is 124 Å². The maximum Gasteiger partial charge on any atom is 0.240 e. The van der Waals surface area contributed by atoms with Gasteiger partial charge < -0.3 is 9.47 Å². The minimum atomic E-state index is -3.68. The molecule has 2 rings (SSSR count). The van der Waals surface area contributed by atoms with Crippen molar-refractivity contribution in [2.75, 3.05) is 13.2 Å². The van der Waals surface area contributed by atoms with Crippen molar-refractivity contribution < 1.29 is 17.9 Å². The molecule has 0 aromatic heterocycles. The highest BCUT2D eigenvalue weighted by molar-refractivity contribution is 7.89. The molecule has 0 bridgehead atoms. The van der Waals surface area contributed by atoms with Crippen molar-refractivity contribution in [2.24, 2.45) is 0 Å². The smallest absolute Gasteiger partial charge is 0.240 e. The summed E-state index contributed by atoms with van der Waals surface area (Å²) in [6.45, 7) is 5.72. The van der Waals surface area contributed by atoms with Gasteiger partial charge in [-0.2, -0.15) is 5.26 Å². The minimum absolute atomic E-state index is 0.111. The van der Waals surface area contributed by atoms with E-state index in [9.17, 15) is 8.42 Å². The van der Waals surface area contributed by atoms with Crippen LogP contribution in [0.4, 0.5) is 0 Å². The lowest BCUT2D eigenvalue weighted by Crippen LogP contribution is -2.34. The fraction of sp³-hybridized carbons (Fsp3) is 0.500. The molecule has 21 heavy (non-hydrogen) atoms. The van der Waals surface area contributed by atoms with Crippen molar-refractivity contribution in [1.82, 2.24) is 4.72 Å². The van der Waals surface area contributed by atoms with E-state index in [0.717, 1.165) is 0 Å². The number of rotatable bonds is 4. The van der Waals surface area contributed by atoms with Gasteiger partial charge in [-0.3, -0.25) is 0 Å². The SMILES string of the molecule is Cc1ccc(C#N)cc1S(=O)(=O)NCC1COC(C)(C)O1. The molecule has 1 aromatic rings. The third kappa shape index (κ3) is 3.80. The number of nitriles is 1. The maximum atomic E-state index is 12.3. The fourth-order valence-corrected chi connectivity index (χ4v) is 3.44. The van der Waals surface area contributed by atoms with Gasteiger partial charge in [0, 0.05) is 6.54 Å². The molecule has 0 saturated carbocycles. The summed E-state index contributed by atoms with van der Waals surface area (Å²) >= 11 is 0. The number of hydrogen-bond acceptors (Lipinski definition) is 5. The molecule has 7 heteroatoms. The first-order valence-corrected chi connectivity index (χ1v) is 8.04. The van der Waals surface area contributed by atoms with Crippen molar-refractivity contribution in [3.05, 3.63) is 29.3 Å². The van der Waals surface area contributed by atoms with Crippen LogP contribution in [0.25, 0.3) is 0 Å². The summed E-state index contributed by atoms with van der Waals surface area (Å²) in [6.07, 6.45) is -0.325. The van der Waals surface area contributed by atoms with Crippen molar-refractivity contribution in [3.8, 4) is 6.07 Å². The van der Waals surface area contributed by atoms with E-state index < -0.39 is 15.8 Å². The fourth-order valence-electron chi connectivity index (χ4n) is 2.10. The van der Waals surface area contributed by atoms with E-state index >= 15 is 0 Å². The topological polar surface area (TPSA) is 88.4 Å². The molecular weight excluding hydrogens is 292 g/mol. The Morgan fingerprint density at radius 3 is 2.76 bits per heavy atom. The van der Waals surface area contributed by atoms with Gasteiger partial charge in [-0.05, 0) is 38.5 Å². The van der Waals surface area contributed by atoms with Crippen LogP contribution in [0.1, 0.15) is 25.0 Å². The number of nitrogens with one attached hydrogen (secondary N) is 1. The molecule has 6 nitrogen and oxygen atoms in total. The van der Waals surface area contributed by atoms with E-state index in [1.807, 2.05) is 6.07 Å². The second kappa shape index (κ2) is 5.73. The summed E-state index contributed by atoms with van der Waals surface area (Å²) in [6, 6.07) is 6.51. The summed E-state index contributed by atoms with van der Waals surface area (Å²) in [7, 11) is -3.68. The Balaban J connectivity index is 2.11. The molecule has 1 heterocycles. The van der Waals surface area contributed by atoms with Crippen LogP contribution in [0.15, 0.2) is 23.1 Å². The molecule has 114 valence electrons. The molecule has 0 amide bonds. The molecule has 1 aliphatic rings. The van der Waals surface area contributed by atoms with E-state index in [2.05, 4.69) is 4.72 Å². The molecule has 0 spiro atoms. The van der Waals surface area contributed by atoms with Gasteiger partial charge in [-0.15, -0.1) is 0 Å². The number of hydrogen-bond donors (Lipinski definition) is 1. The van der Waals surface area contributed by atoms with Crippen molar-refractivity contribution in [1.29, 1.82) is 5.26 Å². The molecule has 1 N–H and O–H groups in total. The van der Waals surface area contributed by atoms with Gasteiger partial charge in [-0.25, -0.2) is 13.1 Å². The Kier molecular flexibility index (Phi) is 4.35. The van der Waals surface area contributed by atoms with Crippen LogP contribution in [-0.2, 0) is 19.5 Å². The zero-order valence-electron chi connectivity index (χ0n) is 12.2. The van der Waals surface area contributed by atoms with Gasteiger partial charge in [-0.1, -0.05) is 6.07 Å². The molecule has 1 atom stereocenters. The minimum Gasteiger partial charge on any atom is -0.348 e. The van der Waals surface area contributed by atoms with Gasteiger partial charge in [0.05, 0.1) is 29.2 Å². The van der Waals surface area contributed by atoms with Gasteiger partial charge in [0.1, 0.15) is 0 Å². The normalized spacial score (nSPS) is 21.1. The molecule has 0 radical (unpaired) electrons. The van der Waals surface area contributed by atoms with Crippen molar-refractivity contribution in [2.45, 2.75) is 37.6 Å². The lowest BCUT2D eigenvalue weighted by atomic mass is 10.2. The first kappa shape index (κ1) is 15.9. The van der Waals surface area contributed by atoms with Crippen LogP contribution in [-0.4, -0.2) is 33.5 Å². The van der Waals surface area contributed by atoms with Gasteiger partial charge in [0.25, 0.3) is 0 Å². The molecule has 1 aromatic carbocycles. The van der Waals surface area contributed by atoms with Crippen molar-refractivity contribution >= 4 is 10.0 Å². The third-order valence-electron chi connectivity index (χ3n) is 3.18. The largest absolute Gasteiger partial charge is 0.348 e. The summed E-state index contributed by atoms with van der Waals surface area (Å²) in [4.78, 5) is 0.111. The van der Waals surface area contributed by atoms with Gasteiger partial charge in [0.2, 0.25) is 10.0 Å². The summed E-state index contributed by atoms with van der Waals surface area (Å²) in [5.74, 6) is -0.688. The second-order valence-corrected chi connectivity index (χ2v) is 7.13. The lowest BCUT2D eigenvalue weighted by Gasteiger charge is -2.17. The van der Waals surface area contributed by atoms with Crippen LogP contribution < -0.4 is 4.72 Å². The molecule has 1 saturated heterocycles. The molecule has 1 aliphatic heterocycles. The molecule has 1 unspecified atom stereocenters. The molecular formula is C14H18N2O4S. The van der Waals surface area contributed by atoms with E-state index in [4.69, 9.17) is 14.7 Å². The van der Waals surface area contributed by atoms with E-state index in [-0.39, 0.29) is 17.5 Å². The predicted octanol–water partition coefficient (Wildman–Crippen LogP) is 1.30. The quantitative estimate of drug-likeness (QED) is 0.905. The number of aryl methyl sites for hydroxylation is 1. The summed E-state index contributed by atoms with van der Waals surface area (Å²) < 4.78 is 38.1. The number of ether oxygens (including phenoxy) is 2. The van der Waals surface area contributed by atoms with E-state index in [1.54, 1.807) is 32.9 Å². The third-order valence-corrected chi connectivity index (χ3v) is 4.74. The van der Waals surface area contributed by atoms with Crippen LogP contribution in [0.5, 0.6) is 0 Å². The van der Waals surface area contributed by atoms with Crippen LogP contribution in [0.3, 0.4) is 0 Å². The number of benzene rings is 1. The summed E-state index contributed by atoms with van der Waals surface area (Å²) in [5.41, 5.74) is 0.896. The first-order valence-electron chi connectivity index (χ1n) is 6.56. The Bertz CT molecular complexity index is 677. The zero-order chi connectivity index (χ0) is 15.7. The second-order valence-electron chi connectivity index (χ2n) is 5.39. The predicted molar refractivity (Wildman–Crippen MR) is 76.0 cm³/mol. The van der Waals surface area contributed by atoms with E-state index in [0.29, 0.717) is 17.7 Å². The average Bonchev–Trinajstić information content (AvgIpc) is 2.76. The van der Waals surface area contributed by atoms with Crippen molar-refractivity contribution in [3.63, 3.8) is 0 Å². The summed E-state index contributed by atoms with van der Waals surface area (Å²) in [5, 5.41) is 8.88. The zero-order valence-corrected chi connectivity index (χ0v) is 13.0.